The predicted octanol–water partition coefficient (Wildman–Crippen LogP) is -0.370. The van der Waals surface area contributed by atoms with E-state index in [4.69, 9.17) is 4.12 Å². The summed E-state index contributed by atoms with van der Waals surface area (Å²) in [5.41, 5.74) is 1.89. The van der Waals surface area contributed by atoms with Crippen LogP contribution in [-0.2, 0) is 4.12 Å². The third-order valence-electron chi connectivity index (χ3n) is 0.609. The predicted molar refractivity (Wildman–Crippen MR) is 32.8 cm³/mol. The third kappa shape index (κ3) is 2.38. The summed E-state index contributed by atoms with van der Waals surface area (Å²) in [6.07, 6.45) is 0. The van der Waals surface area contributed by atoms with Crippen molar-refractivity contribution in [3.63, 3.8) is 0 Å². The highest BCUT2D eigenvalue weighted by atomic mass is 28.3. The Morgan fingerprint density at radius 1 is 2.00 bits per heavy atom. The Bertz CT molecular complexity index is 46.1. The Kier molecular flexibility index (Phi) is 3.40. The number of hydrogen-bond donors (Lipinski definition) is 0. The molecule has 0 aliphatic heterocycles. The lowest BCUT2D eigenvalue weighted by molar-refractivity contribution is 0.653. The van der Waals surface area contributed by atoms with Gasteiger partial charge in [-0.05, 0) is 6.55 Å². The van der Waals surface area contributed by atoms with Gasteiger partial charge in [-0.15, -0.1) is 6.58 Å². The van der Waals surface area contributed by atoms with E-state index < -0.39 is 9.04 Å². The topological polar surface area (TPSA) is 9.23 Å². The molecule has 0 spiro atoms. The highest BCUT2D eigenvalue weighted by molar-refractivity contribution is 6.59. The third-order valence-corrected chi connectivity index (χ3v) is 3.76. The molecule has 0 aliphatic rings. The van der Waals surface area contributed by atoms with E-state index >= 15 is 0 Å². The fourth-order valence-electron chi connectivity index (χ4n) is 0.0833. The Hall–Kier alpha value is 0.134. The molecule has 6 heavy (non-hydrogen) atoms. The van der Waals surface area contributed by atoms with Gasteiger partial charge in [-0.1, -0.05) is 5.70 Å². The molecule has 0 aromatic heterocycles. The minimum absolute atomic E-state index is 0.543. The van der Waals surface area contributed by atoms with E-state index in [0.29, 0.717) is 0 Å². The maximum absolute atomic E-state index is 5.02. The number of rotatable bonds is 2. The van der Waals surface area contributed by atoms with E-state index in [2.05, 4.69) is 13.1 Å². The van der Waals surface area contributed by atoms with Crippen molar-refractivity contribution < 1.29 is 4.12 Å². The highest BCUT2D eigenvalue weighted by Gasteiger charge is 1.89. The van der Waals surface area contributed by atoms with Crippen molar-refractivity contribution in [1.82, 2.24) is 0 Å². The summed E-state index contributed by atoms with van der Waals surface area (Å²) < 4.78 is 5.02. The van der Waals surface area contributed by atoms with Crippen molar-refractivity contribution >= 4 is 19.5 Å². The first-order valence-electron chi connectivity index (χ1n) is 1.81. The monoisotopic (exact) mass is 117 g/mol. The average molecular weight is 117 g/mol. The highest BCUT2D eigenvalue weighted by Crippen LogP contribution is 1.77. The van der Waals surface area contributed by atoms with Gasteiger partial charge in [0.25, 0.3) is 0 Å². The van der Waals surface area contributed by atoms with Crippen molar-refractivity contribution in [1.29, 1.82) is 0 Å². The molecule has 0 unspecified atom stereocenters. The van der Waals surface area contributed by atoms with Crippen LogP contribution in [0.2, 0.25) is 6.55 Å². The van der Waals surface area contributed by atoms with Gasteiger partial charge < -0.3 is 4.12 Å². The largest absolute Gasteiger partial charge is 0.461 e. The fourth-order valence-corrected chi connectivity index (χ4v) is 0.750. The fraction of sp³-hybridized carbons (Fsp3) is 0.333. The van der Waals surface area contributed by atoms with E-state index in [-0.39, 0.29) is 0 Å². The van der Waals surface area contributed by atoms with Crippen LogP contribution in [0.4, 0.5) is 0 Å². The molecule has 0 aromatic rings. The van der Waals surface area contributed by atoms with Crippen LogP contribution in [-0.4, -0.2) is 19.5 Å². The Morgan fingerprint density at radius 3 is 2.50 bits per heavy atom. The first-order chi connectivity index (χ1) is 2.81. The van der Waals surface area contributed by atoms with E-state index in [1.54, 1.807) is 0 Å². The summed E-state index contributed by atoms with van der Waals surface area (Å²) in [7, 11) is 0.314. The van der Waals surface area contributed by atoms with Gasteiger partial charge in [0.1, 0.15) is 10.5 Å². The molecule has 1 radical (unpaired) electrons. The minimum atomic E-state index is -0.543. The second-order valence-corrected chi connectivity index (χ2v) is 4.28. The first kappa shape index (κ1) is 6.13. The zero-order valence-electron chi connectivity index (χ0n) is 4.19. The molecule has 0 aromatic carbocycles. The van der Waals surface area contributed by atoms with Gasteiger partial charge in [0.2, 0.25) is 9.04 Å². The summed E-state index contributed by atoms with van der Waals surface area (Å²) in [5.74, 6) is 0. The smallest absolute Gasteiger partial charge is 0.222 e. The zero-order valence-corrected chi connectivity index (χ0v) is 7.19. The zero-order chi connectivity index (χ0) is 4.99. The molecule has 1 nitrogen and oxygen atoms in total. The molecule has 0 fully saturated rings. The van der Waals surface area contributed by atoms with Crippen molar-refractivity contribution in [2.75, 3.05) is 0 Å². The van der Waals surface area contributed by atoms with Crippen LogP contribution in [0.15, 0.2) is 12.3 Å². The molecular formula is C3H9OSi2. The lowest BCUT2D eigenvalue weighted by Gasteiger charge is -1.94. The maximum atomic E-state index is 5.02. The molecule has 0 rings (SSSR count). The second-order valence-electron chi connectivity index (χ2n) is 1.02. The first-order valence-corrected chi connectivity index (χ1v) is 4.61. The van der Waals surface area contributed by atoms with Gasteiger partial charge in [-0.3, -0.25) is 0 Å². The summed E-state index contributed by atoms with van der Waals surface area (Å²) >= 11 is 0. The van der Waals surface area contributed by atoms with Crippen LogP contribution in [0.1, 0.15) is 0 Å². The van der Waals surface area contributed by atoms with E-state index in [9.17, 15) is 0 Å². The van der Waals surface area contributed by atoms with Crippen molar-refractivity contribution in [2.45, 2.75) is 6.55 Å². The van der Waals surface area contributed by atoms with Crippen LogP contribution in [0.3, 0.4) is 0 Å². The van der Waals surface area contributed by atoms with Crippen molar-refractivity contribution in [3.8, 4) is 0 Å². The molecule has 3 heteroatoms. The summed E-state index contributed by atoms with van der Waals surface area (Å²) in [6.45, 7) is 5.65. The summed E-state index contributed by atoms with van der Waals surface area (Å²) in [4.78, 5) is 0. The average Bonchev–Trinajstić information content (AvgIpc) is 1.65. The standard InChI is InChI=1S/C3H9OSi2/c1-3-6(2)4-5/h3H,1H2,2,5H3. The Morgan fingerprint density at radius 2 is 2.50 bits per heavy atom. The lowest BCUT2D eigenvalue weighted by atomic mass is 11.3. The molecule has 0 aliphatic carbocycles. The van der Waals surface area contributed by atoms with Gasteiger partial charge in [0, 0.05) is 0 Å². The van der Waals surface area contributed by atoms with E-state index in [1.165, 1.54) is 0 Å². The molecule has 0 amide bonds. The molecule has 35 valence electrons. The molecule has 0 bridgehead atoms. The molecular weight excluding hydrogens is 108 g/mol. The van der Waals surface area contributed by atoms with Gasteiger partial charge in [0.05, 0.1) is 0 Å². The summed E-state index contributed by atoms with van der Waals surface area (Å²) in [5, 5.41) is 0. The van der Waals surface area contributed by atoms with Crippen molar-refractivity contribution in [3.05, 3.63) is 12.3 Å². The van der Waals surface area contributed by atoms with Gasteiger partial charge >= 0.3 is 0 Å². The van der Waals surface area contributed by atoms with Gasteiger partial charge in [-0.25, -0.2) is 0 Å². The molecule has 0 heterocycles. The van der Waals surface area contributed by atoms with Crippen LogP contribution in [0.5, 0.6) is 0 Å². The van der Waals surface area contributed by atoms with Gasteiger partial charge in [-0.2, -0.15) is 0 Å². The lowest BCUT2D eigenvalue weighted by Crippen LogP contribution is -2.05. The van der Waals surface area contributed by atoms with Crippen LogP contribution in [0.25, 0.3) is 0 Å². The van der Waals surface area contributed by atoms with Gasteiger partial charge in [0.15, 0.2) is 0 Å². The van der Waals surface area contributed by atoms with Crippen LogP contribution < -0.4 is 0 Å². The second kappa shape index (κ2) is 3.33. The molecule has 0 atom stereocenters. The quantitative estimate of drug-likeness (QED) is 0.448. The van der Waals surface area contributed by atoms with Crippen LogP contribution in [0, 0.1) is 0 Å². The van der Waals surface area contributed by atoms with Crippen LogP contribution >= 0.6 is 0 Å². The molecule has 0 saturated carbocycles. The minimum Gasteiger partial charge on any atom is -0.461 e. The van der Waals surface area contributed by atoms with E-state index in [1.807, 2.05) is 5.70 Å². The molecule has 0 N–H and O–H groups in total. The molecule has 0 saturated heterocycles. The Labute approximate surface area is 43.3 Å². The van der Waals surface area contributed by atoms with Crippen molar-refractivity contribution in [2.24, 2.45) is 0 Å². The summed E-state index contributed by atoms with van der Waals surface area (Å²) in [6, 6.07) is 0. The maximum Gasteiger partial charge on any atom is 0.222 e. The Balaban J connectivity index is 2.96. The number of hydrogen-bond acceptors (Lipinski definition) is 1. The normalized spacial score (nSPS) is 9.67. The SMILES string of the molecule is C=C[Si](C)O[SiH3]. The van der Waals surface area contributed by atoms with E-state index in [0.717, 1.165) is 10.5 Å².